The van der Waals surface area contributed by atoms with Crippen LogP contribution in [0.25, 0.3) is 0 Å². The lowest BCUT2D eigenvalue weighted by atomic mass is 9.83. The smallest absolute Gasteiger partial charge is 0.407 e. The standard InChI is InChI=1S/C71H114N6O17S/c1-12-53(6)67(63(84-10)49-65(81)77-28-16-20-60(77)68(85-11)54(7)61(78)47-57(69-73-27-45-95-69)46-55-18-14-13-15-19-55)76(9)70(82)59(51(2)3)48-62(79)66(52(4)5)75(8)64(80)21-17-29-86-31-33-88-35-37-90-39-41-92-43-44-93-42-40-91-38-36-89-34-32-87-30-26-74-71(83)94-50-56-22-24-58(72)25-23-56/h13-15,18-19,22-25,27,45,51-54,57,59-60,63,66-68H,12,16-17,20-21,26,28-44,46-50,72H2,1-11H3,(H,74,83)/t53?,54-,57+,59-,60-,63+,66-,67-,68+/m0/s1. The Bertz CT molecular complexity index is 2590. The van der Waals surface area contributed by atoms with Gasteiger partial charge in [-0.2, -0.15) is 0 Å². The maximum Gasteiger partial charge on any atom is 0.407 e. The summed E-state index contributed by atoms with van der Waals surface area (Å²) in [6.45, 7) is 21.1. The van der Waals surface area contributed by atoms with E-state index in [9.17, 15) is 28.8 Å². The molecule has 1 saturated heterocycles. The van der Waals surface area contributed by atoms with Gasteiger partial charge in [0.2, 0.25) is 17.7 Å². The number of Topliss-reactive ketones (excluding diaryl/α,β-unsaturated/α-hetero) is 2. The van der Waals surface area contributed by atoms with E-state index in [2.05, 4.69) is 29.4 Å². The molecule has 1 aliphatic rings. The van der Waals surface area contributed by atoms with Crippen molar-refractivity contribution in [1.29, 1.82) is 0 Å². The van der Waals surface area contributed by atoms with E-state index in [0.29, 0.717) is 157 Å². The number of ketones is 2. The Morgan fingerprint density at radius 2 is 1.22 bits per heavy atom. The van der Waals surface area contributed by atoms with Crippen molar-refractivity contribution in [3.05, 3.63) is 82.3 Å². The van der Waals surface area contributed by atoms with Crippen molar-refractivity contribution in [2.45, 2.75) is 149 Å². The van der Waals surface area contributed by atoms with Gasteiger partial charge in [0.25, 0.3) is 0 Å². The topological polar surface area (TPSA) is 265 Å². The van der Waals surface area contributed by atoms with Gasteiger partial charge in [-0.15, -0.1) is 11.3 Å². The van der Waals surface area contributed by atoms with Crippen LogP contribution in [-0.2, 0) is 89.1 Å². The number of likely N-dealkylation sites (N-methyl/N-ethyl adjacent to an activating group) is 2. The lowest BCUT2D eigenvalue weighted by molar-refractivity contribution is -0.149. The highest BCUT2D eigenvalue weighted by Crippen LogP contribution is 2.34. The molecule has 9 atom stereocenters. The minimum absolute atomic E-state index is 0.0118. The van der Waals surface area contributed by atoms with Crippen molar-refractivity contribution in [1.82, 2.24) is 25.0 Å². The first-order chi connectivity index (χ1) is 45.8. The van der Waals surface area contributed by atoms with E-state index >= 15 is 0 Å². The van der Waals surface area contributed by atoms with Gasteiger partial charge in [0.05, 0.1) is 141 Å². The van der Waals surface area contributed by atoms with Gasteiger partial charge in [-0.05, 0) is 66.7 Å². The van der Waals surface area contributed by atoms with Crippen LogP contribution in [0.3, 0.4) is 0 Å². The fourth-order valence-electron chi connectivity index (χ4n) is 11.9. The summed E-state index contributed by atoms with van der Waals surface area (Å²) in [5.41, 5.74) is 8.30. The normalized spacial score (nSPS) is 15.8. The molecular weight excluding hydrogens is 1240 g/mol. The molecule has 0 spiro atoms. The molecule has 1 unspecified atom stereocenters. The number of rotatable bonds is 53. The van der Waals surface area contributed by atoms with Crippen LogP contribution in [0, 0.1) is 29.6 Å². The third-order valence-corrected chi connectivity index (χ3v) is 18.3. The molecule has 536 valence electrons. The van der Waals surface area contributed by atoms with Crippen LogP contribution in [0.15, 0.2) is 66.2 Å². The second-order valence-corrected chi connectivity index (χ2v) is 25.9. The third kappa shape index (κ3) is 30.4. The quantitative estimate of drug-likeness (QED) is 0.0396. The van der Waals surface area contributed by atoms with Crippen LogP contribution >= 0.6 is 11.3 Å². The third-order valence-electron chi connectivity index (χ3n) is 17.4. The average molecular weight is 1360 g/mol. The molecule has 3 aromatic rings. The van der Waals surface area contributed by atoms with E-state index in [1.165, 1.54) is 4.90 Å². The molecule has 24 heteroatoms. The first kappa shape index (κ1) is 81.9. The number of nitrogens with zero attached hydrogens (tertiary/aromatic N) is 4. The van der Waals surface area contributed by atoms with E-state index in [1.54, 1.807) is 75.0 Å². The molecule has 95 heavy (non-hydrogen) atoms. The number of nitrogens with one attached hydrogen (secondary N) is 1. The maximum absolute atomic E-state index is 14.8. The van der Waals surface area contributed by atoms with E-state index < -0.39 is 42.2 Å². The highest BCUT2D eigenvalue weighted by atomic mass is 32.1. The largest absolute Gasteiger partial charge is 0.445 e. The van der Waals surface area contributed by atoms with Crippen molar-refractivity contribution < 1.29 is 80.9 Å². The first-order valence-electron chi connectivity index (χ1n) is 34.1. The number of anilines is 1. The minimum atomic E-state index is -0.741. The van der Waals surface area contributed by atoms with Gasteiger partial charge < -0.3 is 77.9 Å². The molecule has 0 bridgehead atoms. The number of ether oxygens (including phenoxy) is 11. The Morgan fingerprint density at radius 1 is 0.663 bits per heavy atom. The molecule has 0 aliphatic carbocycles. The van der Waals surface area contributed by atoms with Crippen molar-refractivity contribution in [2.24, 2.45) is 29.6 Å². The number of hydrogen-bond acceptors (Lipinski definition) is 20. The van der Waals surface area contributed by atoms with Crippen molar-refractivity contribution in [2.75, 3.05) is 153 Å². The molecule has 0 radical (unpaired) electrons. The van der Waals surface area contributed by atoms with Gasteiger partial charge in [0.1, 0.15) is 12.4 Å². The number of aromatic nitrogens is 1. The molecule has 1 fully saturated rings. The van der Waals surface area contributed by atoms with Gasteiger partial charge in [0, 0.05) is 102 Å². The molecule has 4 rings (SSSR count). The Hall–Kier alpha value is -5.51. The summed E-state index contributed by atoms with van der Waals surface area (Å²) >= 11 is 1.55. The fraction of sp³-hybridized carbons (Fsp3) is 0.704. The van der Waals surface area contributed by atoms with Crippen molar-refractivity contribution in [3.63, 3.8) is 0 Å². The van der Waals surface area contributed by atoms with Gasteiger partial charge in [-0.1, -0.05) is 97.4 Å². The Morgan fingerprint density at radius 3 is 1.73 bits per heavy atom. The number of benzene rings is 2. The van der Waals surface area contributed by atoms with Crippen LogP contribution in [0.2, 0.25) is 0 Å². The lowest BCUT2D eigenvalue weighted by Gasteiger charge is -2.41. The predicted molar refractivity (Wildman–Crippen MR) is 365 cm³/mol. The summed E-state index contributed by atoms with van der Waals surface area (Å²) in [4.78, 5) is 93.1. The van der Waals surface area contributed by atoms with Crippen LogP contribution in [0.4, 0.5) is 10.5 Å². The number of alkyl carbamates (subject to hydrolysis) is 1. The highest BCUT2D eigenvalue weighted by molar-refractivity contribution is 7.09. The molecule has 2 aromatic carbocycles. The number of nitrogens with two attached hydrogens (primary N) is 1. The zero-order valence-electron chi connectivity index (χ0n) is 58.7. The molecule has 3 N–H and O–H groups in total. The van der Waals surface area contributed by atoms with Crippen LogP contribution in [0.5, 0.6) is 0 Å². The summed E-state index contributed by atoms with van der Waals surface area (Å²) in [6.07, 6.45) is 3.81. The first-order valence-corrected chi connectivity index (χ1v) is 34.9. The van der Waals surface area contributed by atoms with Crippen molar-refractivity contribution >= 4 is 52.4 Å². The molecule has 0 saturated carbocycles. The van der Waals surface area contributed by atoms with Gasteiger partial charge in [0.15, 0.2) is 5.78 Å². The summed E-state index contributed by atoms with van der Waals surface area (Å²) in [7, 11) is 6.59. The predicted octanol–water partition coefficient (Wildman–Crippen LogP) is 8.48. The highest BCUT2D eigenvalue weighted by Gasteiger charge is 2.44. The van der Waals surface area contributed by atoms with Crippen molar-refractivity contribution in [3.8, 4) is 0 Å². The van der Waals surface area contributed by atoms with Gasteiger partial charge in [-0.3, -0.25) is 24.0 Å². The Kier molecular flexibility index (Phi) is 40.9. The number of amides is 4. The summed E-state index contributed by atoms with van der Waals surface area (Å²) in [5, 5.41) is 5.49. The summed E-state index contributed by atoms with van der Waals surface area (Å²) in [6, 6.07) is 15.7. The number of thiazole rings is 1. The number of methoxy groups -OCH3 is 2. The van der Waals surface area contributed by atoms with E-state index in [1.807, 2.05) is 70.0 Å². The number of hydrogen-bond donors (Lipinski definition) is 2. The SMILES string of the molecule is CCC(C)[C@@H]([C@@H](CC(=O)N1CCC[C@H]1[C@H](OC)[C@@H](C)C(=O)C[C@@H](Cc1ccccc1)c1nccs1)OC)N(C)C(=O)[C@@H](CC(=O)[C@H](C(C)C)N(C)C(=O)CCCOCCOCCOCCOCCOCCOCCOCCOCCNC(=O)OCc1ccc(N)cc1)C(C)C. The second-order valence-electron chi connectivity index (χ2n) is 25.0. The zero-order valence-corrected chi connectivity index (χ0v) is 59.5. The second kappa shape index (κ2) is 47.4. The molecule has 2 heterocycles. The summed E-state index contributed by atoms with van der Waals surface area (Å²) < 4.78 is 62.0. The number of carbonyl (C=O) groups is 6. The molecule has 23 nitrogen and oxygen atoms in total. The number of carbonyl (C=O) groups excluding carboxylic acids is 6. The maximum atomic E-state index is 14.8. The average Bonchev–Trinajstić information content (AvgIpc) is 1.77. The van der Waals surface area contributed by atoms with Crippen LogP contribution in [0.1, 0.15) is 122 Å². The monoisotopic (exact) mass is 1350 g/mol. The molecular formula is C71H114N6O17S. The molecule has 1 aliphatic heterocycles. The Labute approximate surface area is 569 Å². The summed E-state index contributed by atoms with van der Waals surface area (Å²) in [5.74, 6) is -2.40. The van der Waals surface area contributed by atoms with Crippen LogP contribution in [-0.4, -0.2) is 233 Å². The van der Waals surface area contributed by atoms with E-state index in [0.717, 1.165) is 22.6 Å². The molecule has 1 aromatic heterocycles. The lowest BCUT2D eigenvalue weighted by Crippen LogP contribution is -2.54. The Balaban J connectivity index is 1.07. The van der Waals surface area contributed by atoms with Gasteiger partial charge >= 0.3 is 6.09 Å². The van der Waals surface area contributed by atoms with Crippen LogP contribution < -0.4 is 11.1 Å². The fourth-order valence-corrected chi connectivity index (χ4v) is 12.7. The minimum Gasteiger partial charge on any atom is -0.445 e. The zero-order chi connectivity index (χ0) is 69.3. The van der Waals surface area contributed by atoms with E-state index in [4.69, 9.17) is 57.8 Å². The number of likely N-dealkylation sites (tertiary alicyclic amines) is 1. The van der Waals surface area contributed by atoms with E-state index in [-0.39, 0.29) is 84.9 Å². The van der Waals surface area contributed by atoms with Gasteiger partial charge in [-0.25, -0.2) is 9.78 Å². The molecule has 4 amide bonds. The number of nitrogen functional groups attached to an aromatic ring is 1.